The second-order valence-electron chi connectivity index (χ2n) is 3.78. The maximum atomic E-state index is 6.21. The van der Waals surface area contributed by atoms with Crippen molar-refractivity contribution in [3.8, 4) is 0 Å². The highest BCUT2D eigenvalue weighted by molar-refractivity contribution is 5.85. The van der Waals surface area contributed by atoms with E-state index in [9.17, 15) is 0 Å². The number of fused-ring (bicyclic) bond motifs is 1. The van der Waals surface area contributed by atoms with Crippen LogP contribution in [0.5, 0.6) is 0 Å². The van der Waals surface area contributed by atoms with Crippen LogP contribution in [0.3, 0.4) is 0 Å². The third-order valence-electron chi connectivity index (χ3n) is 3.12. The van der Waals surface area contributed by atoms with E-state index < -0.39 is 0 Å². The van der Waals surface area contributed by atoms with E-state index in [1.54, 1.807) is 0 Å². The van der Waals surface area contributed by atoms with Crippen molar-refractivity contribution in [3.63, 3.8) is 0 Å². The molecule has 0 amide bonds. The van der Waals surface area contributed by atoms with Gasteiger partial charge in [0, 0.05) is 0 Å². The third-order valence-corrected chi connectivity index (χ3v) is 3.12. The molecule has 82 valence electrons. The van der Waals surface area contributed by atoms with Gasteiger partial charge < -0.3 is 5.73 Å². The van der Waals surface area contributed by atoms with E-state index >= 15 is 0 Å². The van der Waals surface area contributed by atoms with Crippen molar-refractivity contribution in [1.82, 2.24) is 0 Å². The Morgan fingerprint density at radius 1 is 1.13 bits per heavy atom. The molecule has 1 aliphatic rings. The Labute approximate surface area is 97.8 Å². The van der Waals surface area contributed by atoms with E-state index in [-0.39, 0.29) is 18.4 Å². The van der Waals surface area contributed by atoms with Crippen LogP contribution in [-0.2, 0) is 0 Å². The molecule has 2 rings (SSSR count). The second-order valence-corrected chi connectivity index (χ2v) is 3.78. The third kappa shape index (κ3) is 1.82. The zero-order valence-corrected chi connectivity index (χ0v) is 10.1. The SMILES string of the molecule is CCC1=C(CC)C(N)c2ccccc21.Cl. The largest absolute Gasteiger partial charge is 0.321 e. The molecule has 0 heterocycles. The van der Waals surface area contributed by atoms with Gasteiger partial charge in [0.15, 0.2) is 0 Å². The van der Waals surface area contributed by atoms with Gasteiger partial charge in [0.2, 0.25) is 0 Å². The van der Waals surface area contributed by atoms with Crippen LogP contribution in [0.4, 0.5) is 0 Å². The summed E-state index contributed by atoms with van der Waals surface area (Å²) in [7, 11) is 0. The Balaban J connectivity index is 0.00000112. The molecule has 0 bridgehead atoms. The minimum Gasteiger partial charge on any atom is -0.321 e. The van der Waals surface area contributed by atoms with Crippen LogP contribution < -0.4 is 5.73 Å². The first-order valence-corrected chi connectivity index (χ1v) is 5.36. The van der Waals surface area contributed by atoms with Gasteiger partial charge >= 0.3 is 0 Å². The summed E-state index contributed by atoms with van der Waals surface area (Å²) in [4.78, 5) is 0. The van der Waals surface area contributed by atoms with Crippen LogP contribution in [0, 0.1) is 0 Å². The lowest BCUT2D eigenvalue weighted by molar-refractivity contribution is 0.821. The first-order valence-electron chi connectivity index (χ1n) is 5.36. The van der Waals surface area contributed by atoms with Gasteiger partial charge in [0.1, 0.15) is 0 Å². The molecule has 1 unspecified atom stereocenters. The Morgan fingerprint density at radius 3 is 2.40 bits per heavy atom. The molecule has 0 saturated carbocycles. The molecular formula is C13H18ClN. The summed E-state index contributed by atoms with van der Waals surface area (Å²) in [5.74, 6) is 0. The smallest absolute Gasteiger partial charge is 0.0522 e. The molecule has 0 radical (unpaired) electrons. The maximum absolute atomic E-state index is 6.21. The fourth-order valence-electron chi connectivity index (χ4n) is 2.44. The van der Waals surface area contributed by atoms with Gasteiger partial charge in [-0.15, -0.1) is 12.4 Å². The van der Waals surface area contributed by atoms with Gasteiger partial charge in [-0.3, -0.25) is 0 Å². The van der Waals surface area contributed by atoms with Crippen molar-refractivity contribution in [2.24, 2.45) is 5.73 Å². The zero-order valence-electron chi connectivity index (χ0n) is 9.29. The fourth-order valence-corrected chi connectivity index (χ4v) is 2.44. The van der Waals surface area contributed by atoms with Gasteiger partial charge in [0.05, 0.1) is 6.04 Å². The first-order chi connectivity index (χ1) is 6.79. The quantitative estimate of drug-likeness (QED) is 0.813. The van der Waals surface area contributed by atoms with Gasteiger partial charge in [-0.2, -0.15) is 0 Å². The Kier molecular flexibility index (Phi) is 3.95. The van der Waals surface area contributed by atoms with Gasteiger partial charge in [0.25, 0.3) is 0 Å². The molecule has 1 atom stereocenters. The van der Waals surface area contributed by atoms with Crippen LogP contribution in [-0.4, -0.2) is 0 Å². The highest BCUT2D eigenvalue weighted by Crippen LogP contribution is 2.41. The van der Waals surface area contributed by atoms with Crippen LogP contribution in [0.2, 0.25) is 0 Å². The van der Waals surface area contributed by atoms with Crippen LogP contribution in [0.25, 0.3) is 5.57 Å². The van der Waals surface area contributed by atoms with Crippen molar-refractivity contribution in [1.29, 1.82) is 0 Å². The zero-order chi connectivity index (χ0) is 10.1. The van der Waals surface area contributed by atoms with E-state index in [0.717, 1.165) is 12.8 Å². The average Bonchev–Trinajstić information content (AvgIpc) is 2.51. The number of hydrogen-bond donors (Lipinski definition) is 1. The monoisotopic (exact) mass is 223 g/mol. The second kappa shape index (κ2) is 4.82. The van der Waals surface area contributed by atoms with E-state index in [4.69, 9.17) is 5.73 Å². The Hall–Kier alpha value is -0.790. The highest BCUT2D eigenvalue weighted by atomic mass is 35.5. The molecule has 1 aromatic rings. The maximum Gasteiger partial charge on any atom is 0.0522 e. The average molecular weight is 224 g/mol. The van der Waals surface area contributed by atoms with Crippen LogP contribution in [0.15, 0.2) is 29.8 Å². The summed E-state index contributed by atoms with van der Waals surface area (Å²) in [5, 5.41) is 0. The highest BCUT2D eigenvalue weighted by Gasteiger charge is 2.25. The van der Waals surface area contributed by atoms with E-state index in [0.29, 0.717) is 0 Å². The fraction of sp³-hybridized carbons (Fsp3) is 0.385. The minimum atomic E-state index is 0. The molecule has 1 aromatic carbocycles. The lowest BCUT2D eigenvalue weighted by atomic mass is 10.0. The predicted molar refractivity (Wildman–Crippen MR) is 68.1 cm³/mol. The molecule has 0 spiro atoms. The standard InChI is InChI=1S/C13H17N.ClH/c1-3-9-10(4-2)13(14)12-8-6-5-7-11(9)12;/h5-8,13H,3-4,14H2,1-2H3;1H. The molecule has 1 nitrogen and oxygen atoms in total. The van der Waals surface area contributed by atoms with Crippen molar-refractivity contribution in [2.45, 2.75) is 32.7 Å². The topological polar surface area (TPSA) is 26.0 Å². The van der Waals surface area contributed by atoms with E-state index in [1.807, 2.05) is 0 Å². The molecule has 0 saturated heterocycles. The van der Waals surface area contributed by atoms with Crippen LogP contribution in [0.1, 0.15) is 43.9 Å². The lowest BCUT2D eigenvalue weighted by Gasteiger charge is -2.08. The number of hydrogen-bond acceptors (Lipinski definition) is 1. The molecule has 2 N–H and O–H groups in total. The number of benzene rings is 1. The van der Waals surface area contributed by atoms with Crippen molar-refractivity contribution in [2.75, 3.05) is 0 Å². The first kappa shape index (κ1) is 12.3. The minimum absolute atomic E-state index is 0. The summed E-state index contributed by atoms with van der Waals surface area (Å²) in [6, 6.07) is 8.66. The number of nitrogens with two attached hydrogens (primary N) is 1. The van der Waals surface area contributed by atoms with E-state index in [2.05, 4.69) is 38.1 Å². The summed E-state index contributed by atoms with van der Waals surface area (Å²) in [6.45, 7) is 4.40. The van der Waals surface area contributed by atoms with Gasteiger partial charge in [-0.1, -0.05) is 38.1 Å². The molecule has 2 heteroatoms. The number of rotatable bonds is 2. The number of allylic oxidation sites excluding steroid dienone is 1. The van der Waals surface area contributed by atoms with Crippen molar-refractivity contribution >= 4 is 18.0 Å². The molecule has 15 heavy (non-hydrogen) atoms. The molecule has 0 fully saturated rings. The number of halogens is 1. The van der Waals surface area contributed by atoms with Gasteiger partial charge in [-0.05, 0) is 35.1 Å². The van der Waals surface area contributed by atoms with Gasteiger partial charge in [-0.25, -0.2) is 0 Å². The normalized spacial score (nSPS) is 18.7. The lowest BCUT2D eigenvalue weighted by Crippen LogP contribution is -2.09. The Bertz CT molecular complexity index is 382. The summed E-state index contributed by atoms with van der Waals surface area (Å²) >= 11 is 0. The predicted octanol–water partition coefficient (Wildman–Crippen LogP) is 3.70. The van der Waals surface area contributed by atoms with Crippen molar-refractivity contribution in [3.05, 3.63) is 41.0 Å². The molecule has 0 aromatic heterocycles. The van der Waals surface area contributed by atoms with Crippen molar-refractivity contribution < 1.29 is 0 Å². The molecule has 0 aliphatic heterocycles. The summed E-state index contributed by atoms with van der Waals surface area (Å²) in [5.41, 5.74) is 11.8. The van der Waals surface area contributed by atoms with E-state index in [1.165, 1.54) is 22.3 Å². The summed E-state index contributed by atoms with van der Waals surface area (Å²) in [6.07, 6.45) is 2.16. The Morgan fingerprint density at radius 2 is 1.80 bits per heavy atom. The van der Waals surface area contributed by atoms with Crippen LogP contribution >= 0.6 is 12.4 Å². The molecule has 1 aliphatic carbocycles. The summed E-state index contributed by atoms with van der Waals surface area (Å²) < 4.78 is 0. The molecular weight excluding hydrogens is 206 g/mol.